The number of nitrogens with one attached hydrogen (secondary N) is 1. The Labute approximate surface area is 110 Å². The van der Waals surface area contributed by atoms with Crippen molar-refractivity contribution in [3.05, 3.63) is 34.7 Å². The Morgan fingerprint density at radius 1 is 1.50 bits per heavy atom. The van der Waals surface area contributed by atoms with Gasteiger partial charge in [0, 0.05) is 0 Å². The highest BCUT2D eigenvalue weighted by molar-refractivity contribution is 6.99. The molecular weight excluding hydrogens is 281 g/mol. The number of hydrogen-bond donors (Lipinski definition) is 3. The van der Waals surface area contributed by atoms with Gasteiger partial charge in [0.2, 0.25) is 0 Å². The topological polar surface area (TPSA) is 96.4 Å². The van der Waals surface area contributed by atoms with Crippen molar-refractivity contribution in [3.8, 4) is 0 Å². The fourth-order valence-electron chi connectivity index (χ4n) is 1.17. The van der Waals surface area contributed by atoms with Crippen molar-refractivity contribution in [2.75, 3.05) is 5.73 Å². The van der Waals surface area contributed by atoms with E-state index in [1.54, 1.807) is 0 Å². The molecule has 2 aromatic rings. The van der Waals surface area contributed by atoms with E-state index in [2.05, 4.69) is 13.7 Å². The normalized spacial score (nSPS) is 11.6. The summed E-state index contributed by atoms with van der Waals surface area (Å²) < 4.78 is 20.6. The molecule has 0 atom stereocenters. The van der Waals surface area contributed by atoms with Crippen molar-refractivity contribution < 1.29 is 9.60 Å². The third-order valence-corrected chi connectivity index (χ3v) is 2.82. The molecule has 1 aromatic heterocycles. The minimum absolute atomic E-state index is 0.00363. The molecule has 0 unspecified atom stereocenters. The lowest BCUT2D eigenvalue weighted by Gasteiger charge is -2.02. The first-order valence-corrected chi connectivity index (χ1v) is 5.75. The van der Waals surface area contributed by atoms with Crippen LogP contribution >= 0.6 is 23.3 Å². The Hall–Kier alpha value is -1.77. The predicted molar refractivity (Wildman–Crippen MR) is 66.9 cm³/mol. The highest BCUT2D eigenvalue weighted by Gasteiger charge is 2.12. The SMILES string of the molecule is Nc1nsnc1C(=Nc1ccc(F)c(Cl)c1)NO. The zero-order chi connectivity index (χ0) is 13.1. The molecule has 18 heavy (non-hydrogen) atoms. The summed E-state index contributed by atoms with van der Waals surface area (Å²) >= 11 is 6.50. The van der Waals surface area contributed by atoms with Crippen molar-refractivity contribution in [1.29, 1.82) is 0 Å². The second-order valence-corrected chi connectivity index (χ2v) is 4.10. The van der Waals surface area contributed by atoms with Crippen LogP contribution in [0.3, 0.4) is 0 Å². The van der Waals surface area contributed by atoms with Crippen molar-refractivity contribution in [2.45, 2.75) is 0 Å². The van der Waals surface area contributed by atoms with E-state index in [1.807, 2.05) is 5.48 Å². The largest absolute Gasteiger partial charge is 0.381 e. The molecule has 0 amide bonds. The second-order valence-electron chi connectivity index (χ2n) is 3.17. The number of anilines is 1. The van der Waals surface area contributed by atoms with E-state index >= 15 is 0 Å². The van der Waals surface area contributed by atoms with E-state index in [0.717, 1.165) is 11.7 Å². The molecule has 6 nitrogen and oxygen atoms in total. The van der Waals surface area contributed by atoms with Gasteiger partial charge in [-0.1, -0.05) is 11.6 Å². The van der Waals surface area contributed by atoms with Gasteiger partial charge in [-0.25, -0.2) is 9.38 Å². The number of amidine groups is 1. The van der Waals surface area contributed by atoms with Crippen LogP contribution in [0.5, 0.6) is 0 Å². The third kappa shape index (κ3) is 2.55. The Bertz CT molecular complexity index is 602. The number of aliphatic imine (C=N–C) groups is 1. The lowest BCUT2D eigenvalue weighted by atomic mass is 10.3. The molecule has 9 heteroatoms. The molecular formula is C9H7ClFN5OS. The summed E-state index contributed by atoms with van der Waals surface area (Å²) in [6, 6.07) is 3.87. The zero-order valence-corrected chi connectivity index (χ0v) is 10.3. The number of rotatable bonds is 2. The number of halogens is 2. The monoisotopic (exact) mass is 287 g/mol. The van der Waals surface area contributed by atoms with Gasteiger partial charge in [-0.15, -0.1) is 0 Å². The molecule has 0 saturated carbocycles. The van der Waals surface area contributed by atoms with Crippen LogP contribution in [0.2, 0.25) is 5.02 Å². The van der Waals surface area contributed by atoms with Crippen molar-refractivity contribution in [2.24, 2.45) is 4.99 Å². The minimum Gasteiger partial charge on any atom is -0.381 e. The molecule has 0 bridgehead atoms. The maximum Gasteiger partial charge on any atom is 0.181 e. The number of nitrogens with zero attached hydrogens (tertiary/aromatic N) is 3. The predicted octanol–water partition coefficient (Wildman–Crippen LogP) is 1.97. The Morgan fingerprint density at radius 2 is 2.28 bits per heavy atom. The molecule has 2 rings (SSSR count). The first-order valence-electron chi connectivity index (χ1n) is 4.64. The summed E-state index contributed by atoms with van der Waals surface area (Å²) in [5.74, 6) is -0.415. The summed E-state index contributed by atoms with van der Waals surface area (Å²) in [5.41, 5.74) is 7.96. The summed E-state index contributed by atoms with van der Waals surface area (Å²) in [6.45, 7) is 0. The molecule has 1 aromatic carbocycles. The fourth-order valence-corrected chi connectivity index (χ4v) is 1.83. The Kier molecular flexibility index (Phi) is 3.70. The van der Waals surface area contributed by atoms with Crippen LogP contribution in [0, 0.1) is 5.82 Å². The first kappa shape index (κ1) is 12.7. The number of aromatic nitrogens is 2. The lowest BCUT2D eigenvalue weighted by molar-refractivity contribution is 0.235. The van der Waals surface area contributed by atoms with Gasteiger partial charge >= 0.3 is 0 Å². The first-order chi connectivity index (χ1) is 8.61. The Morgan fingerprint density at radius 3 is 2.83 bits per heavy atom. The van der Waals surface area contributed by atoms with E-state index < -0.39 is 5.82 Å². The molecule has 4 N–H and O–H groups in total. The smallest absolute Gasteiger partial charge is 0.181 e. The van der Waals surface area contributed by atoms with E-state index in [9.17, 15) is 4.39 Å². The van der Waals surface area contributed by atoms with Gasteiger partial charge in [-0.05, 0) is 18.2 Å². The zero-order valence-electron chi connectivity index (χ0n) is 8.76. The van der Waals surface area contributed by atoms with Crippen LogP contribution < -0.4 is 11.2 Å². The number of nitrogens with two attached hydrogens (primary N) is 1. The number of nitrogen functional groups attached to an aromatic ring is 1. The number of hydroxylamine groups is 1. The van der Waals surface area contributed by atoms with Gasteiger partial charge in [0.1, 0.15) is 5.82 Å². The summed E-state index contributed by atoms with van der Waals surface area (Å²) in [5, 5.41) is 8.93. The highest BCUT2D eigenvalue weighted by atomic mass is 35.5. The van der Waals surface area contributed by atoms with Crippen LogP contribution in [0.25, 0.3) is 0 Å². The van der Waals surface area contributed by atoms with Gasteiger partial charge < -0.3 is 5.73 Å². The quantitative estimate of drug-likeness (QED) is 0.446. The molecule has 1 heterocycles. The van der Waals surface area contributed by atoms with Crippen LogP contribution in [0.1, 0.15) is 5.69 Å². The molecule has 0 fully saturated rings. The van der Waals surface area contributed by atoms with Crippen LogP contribution in [-0.4, -0.2) is 19.8 Å². The van der Waals surface area contributed by atoms with E-state index in [-0.39, 0.29) is 22.4 Å². The highest BCUT2D eigenvalue weighted by Crippen LogP contribution is 2.22. The van der Waals surface area contributed by atoms with E-state index in [1.165, 1.54) is 18.2 Å². The summed E-state index contributed by atoms with van der Waals surface area (Å²) in [6.07, 6.45) is 0. The Balaban J connectivity index is 2.41. The van der Waals surface area contributed by atoms with Gasteiger partial charge in [-0.2, -0.15) is 8.75 Å². The molecule has 0 aliphatic heterocycles. The number of hydrogen-bond acceptors (Lipinski definition) is 6. The maximum absolute atomic E-state index is 13.0. The van der Waals surface area contributed by atoms with Gasteiger partial charge in [0.25, 0.3) is 0 Å². The van der Waals surface area contributed by atoms with Crippen LogP contribution in [-0.2, 0) is 0 Å². The van der Waals surface area contributed by atoms with Crippen LogP contribution in [0.4, 0.5) is 15.9 Å². The van der Waals surface area contributed by atoms with Crippen molar-refractivity contribution in [1.82, 2.24) is 14.2 Å². The van der Waals surface area contributed by atoms with Crippen molar-refractivity contribution >= 4 is 40.7 Å². The second kappa shape index (κ2) is 5.25. The average molecular weight is 288 g/mol. The van der Waals surface area contributed by atoms with Crippen LogP contribution in [0.15, 0.2) is 23.2 Å². The minimum atomic E-state index is -0.552. The maximum atomic E-state index is 13.0. The summed E-state index contributed by atoms with van der Waals surface area (Å²) in [4.78, 5) is 4.01. The lowest BCUT2D eigenvalue weighted by Crippen LogP contribution is -2.21. The van der Waals surface area contributed by atoms with Gasteiger partial charge in [-0.3, -0.25) is 10.7 Å². The van der Waals surface area contributed by atoms with Crippen molar-refractivity contribution in [3.63, 3.8) is 0 Å². The molecule has 0 aliphatic carbocycles. The van der Waals surface area contributed by atoms with Gasteiger partial charge in [0.15, 0.2) is 17.3 Å². The fraction of sp³-hybridized carbons (Fsp3) is 0. The molecule has 0 aliphatic rings. The van der Waals surface area contributed by atoms with Gasteiger partial charge in [0.05, 0.1) is 22.4 Å². The molecule has 0 saturated heterocycles. The molecule has 0 radical (unpaired) electrons. The third-order valence-electron chi connectivity index (χ3n) is 1.99. The average Bonchev–Trinajstić information content (AvgIpc) is 2.77. The summed E-state index contributed by atoms with van der Waals surface area (Å²) in [7, 11) is 0. The van der Waals surface area contributed by atoms with E-state index in [0.29, 0.717) is 5.69 Å². The molecule has 0 spiro atoms. The molecule has 94 valence electrons. The standard InChI is InChI=1S/C9H7ClFN5OS/c10-5-3-4(1-2-6(5)11)13-9(14-17)7-8(12)16-18-15-7/h1-3,17H,(H2,12,16)(H,13,14). The number of benzene rings is 1. The van der Waals surface area contributed by atoms with E-state index in [4.69, 9.17) is 22.5 Å².